The molecule has 3 heterocycles. The van der Waals surface area contributed by atoms with Gasteiger partial charge >= 0.3 is 6.09 Å². The summed E-state index contributed by atoms with van der Waals surface area (Å²) in [6.45, 7) is 6.50. The predicted octanol–water partition coefficient (Wildman–Crippen LogP) is 5.40. The number of amides is 1. The number of fused-ring (bicyclic) bond motifs is 2. The Bertz CT molecular complexity index is 1440. The molecule has 226 valence electrons. The third-order valence-electron chi connectivity index (χ3n) is 7.91. The van der Waals surface area contributed by atoms with Crippen molar-refractivity contribution in [1.29, 1.82) is 0 Å². The van der Waals surface area contributed by atoms with Crippen LogP contribution in [-0.4, -0.2) is 60.0 Å². The summed E-state index contributed by atoms with van der Waals surface area (Å²) in [5.74, 6) is 1.55. The molecule has 0 aliphatic carbocycles. The van der Waals surface area contributed by atoms with Crippen LogP contribution in [-0.2, 0) is 21.2 Å². The number of carbonyl (C=O) groups excluding carboxylic acids is 1. The third kappa shape index (κ3) is 8.10. The summed E-state index contributed by atoms with van der Waals surface area (Å²) in [4.78, 5) is 20.0. The van der Waals surface area contributed by atoms with E-state index in [0.29, 0.717) is 35.9 Å². The van der Waals surface area contributed by atoms with Gasteiger partial charge in [-0.15, -0.1) is 0 Å². The Morgan fingerprint density at radius 2 is 1.74 bits per heavy atom. The highest BCUT2D eigenvalue weighted by Gasteiger charge is 2.42. The number of ether oxygens (including phenoxy) is 1. The topological polar surface area (TPSA) is 127 Å². The Hall–Kier alpha value is -3.44. The minimum absolute atomic E-state index is 0.132. The first kappa shape index (κ1) is 30.0. The summed E-state index contributed by atoms with van der Waals surface area (Å²) in [7, 11) is -3.31. The fourth-order valence-corrected chi connectivity index (χ4v) is 6.73. The average molecular weight is 596 g/mol. The second-order valence-electron chi connectivity index (χ2n) is 12.5. The minimum atomic E-state index is -3.31. The van der Waals surface area contributed by atoms with E-state index in [9.17, 15) is 13.2 Å². The predicted molar refractivity (Wildman–Crippen MR) is 161 cm³/mol. The maximum absolute atomic E-state index is 12.6. The molecule has 3 atom stereocenters. The summed E-state index contributed by atoms with van der Waals surface area (Å²) in [5, 5.41) is 7.34. The van der Waals surface area contributed by atoms with Crippen LogP contribution in [0.15, 0.2) is 59.1 Å². The molecule has 42 heavy (non-hydrogen) atoms. The number of anilines is 1. The Labute approximate surface area is 248 Å². The Morgan fingerprint density at radius 3 is 2.36 bits per heavy atom. The summed E-state index contributed by atoms with van der Waals surface area (Å²) in [5.41, 5.74) is 2.02. The number of nitrogens with one attached hydrogen (secondary N) is 2. The van der Waals surface area contributed by atoms with Crippen molar-refractivity contribution >= 4 is 21.8 Å². The molecule has 2 unspecified atom stereocenters. The lowest BCUT2D eigenvalue weighted by molar-refractivity contribution is 0.0490. The number of aromatic nitrogens is 2. The normalized spacial score (nSPS) is 21.6. The highest BCUT2D eigenvalue weighted by Crippen LogP contribution is 2.43. The molecule has 11 heteroatoms. The first-order valence-electron chi connectivity index (χ1n) is 14.6. The van der Waals surface area contributed by atoms with E-state index < -0.39 is 21.7 Å². The van der Waals surface area contributed by atoms with Gasteiger partial charge in [-0.2, -0.15) is 4.98 Å². The molecule has 2 saturated heterocycles. The molecule has 0 radical (unpaired) electrons. The van der Waals surface area contributed by atoms with E-state index in [0.717, 1.165) is 56.0 Å². The lowest BCUT2D eigenvalue weighted by Gasteiger charge is -2.38. The van der Waals surface area contributed by atoms with Gasteiger partial charge in [0, 0.05) is 36.7 Å². The molecule has 0 saturated carbocycles. The van der Waals surface area contributed by atoms with Crippen LogP contribution in [0.2, 0.25) is 0 Å². The molecule has 2 fully saturated rings. The number of carbonyl (C=O) groups is 1. The van der Waals surface area contributed by atoms with Crippen molar-refractivity contribution in [2.75, 3.05) is 17.5 Å². The lowest BCUT2D eigenvalue weighted by Crippen LogP contribution is -2.44. The van der Waals surface area contributed by atoms with Gasteiger partial charge in [0.1, 0.15) is 5.60 Å². The quantitative estimate of drug-likeness (QED) is 0.319. The molecular formula is C31H41N5O5S. The van der Waals surface area contributed by atoms with Crippen LogP contribution in [0.4, 0.5) is 10.5 Å². The van der Waals surface area contributed by atoms with Gasteiger partial charge in [-0.25, -0.2) is 13.2 Å². The van der Waals surface area contributed by atoms with Crippen LogP contribution in [0.3, 0.4) is 0 Å². The van der Waals surface area contributed by atoms with Crippen LogP contribution in [0.25, 0.3) is 0 Å². The van der Waals surface area contributed by atoms with E-state index in [2.05, 4.69) is 32.2 Å². The molecule has 2 bridgehead atoms. The van der Waals surface area contributed by atoms with E-state index in [-0.39, 0.29) is 12.0 Å². The molecule has 5 rings (SSSR count). The molecule has 2 N–H and O–H groups in total. The maximum Gasteiger partial charge on any atom is 0.408 e. The number of benzene rings is 2. The monoisotopic (exact) mass is 595 g/mol. The smallest absolute Gasteiger partial charge is 0.408 e. The first-order valence-corrected chi connectivity index (χ1v) is 16.5. The largest absolute Gasteiger partial charge is 0.444 e. The Kier molecular flexibility index (Phi) is 8.89. The second kappa shape index (κ2) is 12.4. The molecule has 1 amide bonds. The van der Waals surface area contributed by atoms with Crippen LogP contribution in [0.5, 0.6) is 0 Å². The highest BCUT2D eigenvalue weighted by atomic mass is 32.2. The molecule has 2 aliphatic heterocycles. The van der Waals surface area contributed by atoms with Crippen molar-refractivity contribution in [3.8, 4) is 0 Å². The fraction of sp³-hybridized carbons (Fsp3) is 0.516. The van der Waals surface area contributed by atoms with Crippen LogP contribution in [0.1, 0.15) is 87.7 Å². The van der Waals surface area contributed by atoms with Crippen molar-refractivity contribution in [1.82, 2.24) is 20.4 Å². The van der Waals surface area contributed by atoms with Gasteiger partial charge in [-0.1, -0.05) is 47.6 Å². The van der Waals surface area contributed by atoms with Gasteiger partial charge in [0.25, 0.3) is 0 Å². The van der Waals surface area contributed by atoms with Gasteiger partial charge in [-0.05, 0) is 76.1 Å². The average Bonchev–Trinajstić information content (AvgIpc) is 3.47. The zero-order valence-corrected chi connectivity index (χ0v) is 25.6. The third-order valence-corrected chi connectivity index (χ3v) is 8.51. The number of hydrogen-bond donors (Lipinski definition) is 2. The maximum atomic E-state index is 12.6. The number of hydrogen-bond acceptors (Lipinski definition) is 8. The zero-order chi connectivity index (χ0) is 29.9. The second-order valence-corrected chi connectivity index (χ2v) is 14.2. The van der Waals surface area contributed by atoms with E-state index in [1.165, 1.54) is 0 Å². The summed E-state index contributed by atoms with van der Waals surface area (Å²) in [6.07, 6.45) is 6.27. The van der Waals surface area contributed by atoms with Crippen LogP contribution < -0.4 is 10.0 Å². The molecule has 10 nitrogen and oxygen atoms in total. The number of piperidine rings is 1. The molecule has 0 spiro atoms. The van der Waals surface area contributed by atoms with Crippen molar-refractivity contribution in [3.63, 3.8) is 0 Å². The van der Waals surface area contributed by atoms with Crippen molar-refractivity contribution in [3.05, 3.63) is 77.4 Å². The number of rotatable bonds is 10. The molecule has 2 aliphatic rings. The van der Waals surface area contributed by atoms with Gasteiger partial charge in [0.05, 0.1) is 12.3 Å². The van der Waals surface area contributed by atoms with Gasteiger partial charge in [-0.3, -0.25) is 9.62 Å². The number of alkyl carbamates (subject to hydrolysis) is 1. The Morgan fingerprint density at radius 1 is 1.07 bits per heavy atom. The van der Waals surface area contributed by atoms with Crippen molar-refractivity contribution in [2.45, 2.75) is 88.9 Å². The summed E-state index contributed by atoms with van der Waals surface area (Å²) < 4.78 is 36.6. The summed E-state index contributed by atoms with van der Waals surface area (Å²) in [6, 6.07) is 18.0. The van der Waals surface area contributed by atoms with Crippen LogP contribution >= 0.6 is 0 Å². The highest BCUT2D eigenvalue weighted by molar-refractivity contribution is 7.92. The summed E-state index contributed by atoms with van der Waals surface area (Å²) >= 11 is 0. The standard InChI is InChI=1S/C31H41N5O5S/c1-31(2,3)40-30(37)32-27(22-8-6-5-7-9-22)16-17-36-25-14-15-26(36)20-23(19-25)29-33-28(34-41-29)18-21-10-12-24(13-11-21)35-42(4,38)39/h5-13,23,25-27,35H,14-20H2,1-4H3,(H,32,37)/t23?,25?,26?,27-/m0/s1. The molecule has 1 aromatic heterocycles. The first-order chi connectivity index (χ1) is 19.9. The van der Waals surface area contributed by atoms with Crippen molar-refractivity contribution < 1.29 is 22.5 Å². The van der Waals surface area contributed by atoms with E-state index in [1.54, 1.807) is 12.1 Å². The lowest BCUT2D eigenvalue weighted by atomic mass is 9.90. The van der Waals surface area contributed by atoms with Crippen molar-refractivity contribution in [2.24, 2.45) is 0 Å². The zero-order valence-electron chi connectivity index (χ0n) is 24.7. The molecule has 2 aromatic carbocycles. The molecule has 3 aromatic rings. The van der Waals surface area contributed by atoms with Gasteiger partial charge < -0.3 is 14.6 Å². The van der Waals surface area contributed by atoms with Gasteiger partial charge in [0.15, 0.2) is 5.82 Å². The number of sulfonamides is 1. The Balaban J connectivity index is 1.18. The van der Waals surface area contributed by atoms with Gasteiger partial charge in [0.2, 0.25) is 15.9 Å². The SMILES string of the molecule is CC(C)(C)OC(=O)N[C@@H](CCN1C2CCC1CC(c1nc(Cc3ccc(NS(C)(=O)=O)cc3)no1)C2)c1ccccc1. The molecular weight excluding hydrogens is 554 g/mol. The minimum Gasteiger partial charge on any atom is -0.444 e. The van der Waals surface area contributed by atoms with E-state index in [4.69, 9.17) is 14.2 Å². The van der Waals surface area contributed by atoms with Crippen LogP contribution in [0, 0.1) is 0 Å². The number of nitrogens with zero attached hydrogens (tertiary/aromatic N) is 3. The van der Waals surface area contributed by atoms with E-state index >= 15 is 0 Å². The van der Waals surface area contributed by atoms with E-state index in [1.807, 2.05) is 51.1 Å². The fourth-order valence-electron chi connectivity index (χ4n) is 6.17.